The maximum atomic E-state index is 11.5. The van der Waals surface area contributed by atoms with Crippen LogP contribution in [0.25, 0.3) is 0 Å². The van der Waals surface area contributed by atoms with Crippen LogP contribution in [-0.4, -0.2) is 19.7 Å². The van der Waals surface area contributed by atoms with Crippen molar-refractivity contribution in [2.75, 3.05) is 13.7 Å². The molecular weight excluding hydrogens is 240 g/mol. The molecule has 1 aromatic carbocycles. The van der Waals surface area contributed by atoms with Gasteiger partial charge in [0.25, 0.3) is 0 Å². The minimum atomic E-state index is -0.758. The Hall–Kier alpha value is -1.22. The van der Waals surface area contributed by atoms with Gasteiger partial charge in [-0.2, -0.15) is 0 Å². The van der Waals surface area contributed by atoms with Crippen molar-refractivity contribution in [1.29, 1.82) is 0 Å². The van der Waals surface area contributed by atoms with Crippen LogP contribution in [0.15, 0.2) is 18.2 Å². The van der Waals surface area contributed by atoms with Crippen molar-refractivity contribution in [3.05, 3.63) is 29.3 Å². The second-order valence-corrected chi connectivity index (χ2v) is 3.98. The third kappa shape index (κ3) is 3.37. The quantitative estimate of drug-likeness (QED) is 0.600. The minimum Gasteiger partial charge on any atom is -0.496 e. The molecule has 94 valence electrons. The SMILES string of the molecule is CCOC(=O)C(Cl)c1ccc(OC)c(CC)c1. The summed E-state index contributed by atoms with van der Waals surface area (Å²) in [6.45, 7) is 4.11. The Morgan fingerprint density at radius 1 is 1.41 bits per heavy atom. The maximum absolute atomic E-state index is 11.5. The number of carbonyl (C=O) groups is 1. The second kappa shape index (κ2) is 6.50. The number of methoxy groups -OCH3 is 1. The fourth-order valence-corrected chi connectivity index (χ4v) is 1.78. The van der Waals surface area contributed by atoms with Crippen LogP contribution in [0.5, 0.6) is 5.75 Å². The number of hydrogen-bond donors (Lipinski definition) is 0. The number of rotatable bonds is 5. The Kier molecular flexibility index (Phi) is 5.29. The first-order chi connectivity index (χ1) is 8.13. The summed E-state index contributed by atoms with van der Waals surface area (Å²) >= 11 is 6.04. The number of hydrogen-bond acceptors (Lipinski definition) is 3. The van der Waals surface area contributed by atoms with Crippen molar-refractivity contribution in [3.63, 3.8) is 0 Å². The Labute approximate surface area is 107 Å². The zero-order chi connectivity index (χ0) is 12.8. The van der Waals surface area contributed by atoms with Gasteiger partial charge in [-0.15, -0.1) is 11.6 Å². The highest BCUT2D eigenvalue weighted by Crippen LogP contribution is 2.27. The van der Waals surface area contributed by atoms with Gasteiger partial charge in [0.2, 0.25) is 0 Å². The first-order valence-corrected chi connectivity index (χ1v) is 6.05. The molecule has 0 aliphatic rings. The van der Waals surface area contributed by atoms with E-state index < -0.39 is 11.3 Å². The predicted octanol–water partition coefficient (Wildman–Crippen LogP) is 3.10. The van der Waals surface area contributed by atoms with Crippen LogP contribution in [0.4, 0.5) is 0 Å². The Bertz CT molecular complexity index is 390. The van der Waals surface area contributed by atoms with Crippen molar-refractivity contribution in [3.8, 4) is 5.75 Å². The van der Waals surface area contributed by atoms with E-state index in [1.54, 1.807) is 20.1 Å². The first kappa shape index (κ1) is 13.8. The van der Waals surface area contributed by atoms with Gasteiger partial charge < -0.3 is 9.47 Å². The highest BCUT2D eigenvalue weighted by molar-refractivity contribution is 6.29. The average Bonchev–Trinajstić information content (AvgIpc) is 2.37. The van der Waals surface area contributed by atoms with E-state index in [0.717, 1.165) is 23.3 Å². The highest BCUT2D eigenvalue weighted by atomic mass is 35.5. The molecule has 17 heavy (non-hydrogen) atoms. The van der Waals surface area contributed by atoms with Crippen molar-refractivity contribution < 1.29 is 14.3 Å². The molecule has 1 aromatic rings. The fraction of sp³-hybridized carbons (Fsp3) is 0.462. The molecule has 0 aliphatic heterocycles. The molecule has 3 nitrogen and oxygen atoms in total. The molecule has 0 saturated carbocycles. The third-order valence-corrected chi connectivity index (χ3v) is 2.90. The molecule has 0 N–H and O–H groups in total. The Morgan fingerprint density at radius 3 is 2.65 bits per heavy atom. The largest absolute Gasteiger partial charge is 0.496 e. The Morgan fingerprint density at radius 2 is 2.12 bits per heavy atom. The summed E-state index contributed by atoms with van der Waals surface area (Å²) in [7, 11) is 1.62. The molecule has 1 rings (SSSR count). The van der Waals surface area contributed by atoms with Crippen LogP contribution in [0.3, 0.4) is 0 Å². The van der Waals surface area contributed by atoms with Crippen LogP contribution in [0.1, 0.15) is 30.4 Å². The van der Waals surface area contributed by atoms with E-state index in [-0.39, 0.29) is 0 Å². The number of aryl methyl sites for hydroxylation is 1. The molecular formula is C13H17ClO3. The topological polar surface area (TPSA) is 35.5 Å². The standard InChI is InChI=1S/C13H17ClO3/c1-4-9-8-10(6-7-11(9)16-3)12(14)13(15)17-5-2/h6-8,12H,4-5H2,1-3H3. The molecule has 4 heteroatoms. The van der Waals surface area contributed by atoms with Crippen LogP contribution in [0.2, 0.25) is 0 Å². The van der Waals surface area contributed by atoms with Crippen molar-refractivity contribution >= 4 is 17.6 Å². The average molecular weight is 257 g/mol. The highest BCUT2D eigenvalue weighted by Gasteiger charge is 2.19. The van der Waals surface area contributed by atoms with Gasteiger partial charge in [-0.1, -0.05) is 19.1 Å². The van der Waals surface area contributed by atoms with E-state index in [4.69, 9.17) is 21.1 Å². The van der Waals surface area contributed by atoms with E-state index in [1.165, 1.54) is 0 Å². The summed E-state index contributed by atoms with van der Waals surface area (Å²) in [6.07, 6.45) is 0.823. The Balaban J connectivity index is 2.95. The number of carbonyl (C=O) groups excluding carboxylic acids is 1. The molecule has 1 atom stereocenters. The third-order valence-electron chi connectivity index (χ3n) is 2.47. The molecule has 0 aliphatic carbocycles. The van der Waals surface area contributed by atoms with E-state index >= 15 is 0 Å². The first-order valence-electron chi connectivity index (χ1n) is 5.61. The molecule has 0 saturated heterocycles. The molecule has 0 amide bonds. The molecule has 0 spiro atoms. The number of benzene rings is 1. The van der Waals surface area contributed by atoms with Gasteiger partial charge >= 0.3 is 5.97 Å². The minimum absolute atomic E-state index is 0.332. The number of alkyl halides is 1. The summed E-state index contributed by atoms with van der Waals surface area (Å²) in [5.74, 6) is 0.394. The molecule has 0 aromatic heterocycles. The van der Waals surface area contributed by atoms with Crippen LogP contribution in [0, 0.1) is 0 Å². The summed E-state index contributed by atoms with van der Waals surface area (Å²) in [5.41, 5.74) is 1.77. The van der Waals surface area contributed by atoms with Gasteiger partial charge in [-0.05, 0) is 30.5 Å². The fourth-order valence-electron chi connectivity index (χ4n) is 1.58. The summed E-state index contributed by atoms with van der Waals surface area (Å²) in [6, 6.07) is 5.49. The number of ether oxygens (including phenoxy) is 2. The monoisotopic (exact) mass is 256 g/mol. The van der Waals surface area contributed by atoms with E-state index in [9.17, 15) is 4.79 Å². The van der Waals surface area contributed by atoms with E-state index in [1.807, 2.05) is 19.1 Å². The molecule has 0 fully saturated rings. The molecule has 0 heterocycles. The smallest absolute Gasteiger partial charge is 0.328 e. The van der Waals surface area contributed by atoms with Crippen molar-refractivity contribution in [2.24, 2.45) is 0 Å². The lowest BCUT2D eigenvalue weighted by Crippen LogP contribution is -2.11. The summed E-state index contributed by atoms with van der Waals surface area (Å²) in [5, 5.41) is -0.758. The molecule has 1 unspecified atom stereocenters. The van der Waals surface area contributed by atoms with Gasteiger partial charge in [-0.25, -0.2) is 0 Å². The van der Waals surface area contributed by atoms with Crippen LogP contribution in [-0.2, 0) is 16.0 Å². The van der Waals surface area contributed by atoms with Crippen LogP contribution < -0.4 is 4.74 Å². The van der Waals surface area contributed by atoms with Gasteiger partial charge in [0, 0.05) is 0 Å². The number of halogens is 1. The second-order valence-electron chi connectivity index (χ2n) is 3.54. The van der Waals surface area contributed by atoms with E-state index in [2.05, 4.69) is 0 Å². The van der Waals surface area contributed by atoms with Gasteiger partial charge in [0.05, 0.1) is 13.7 Å². The predicted molar refractivity (Wildman–Crippen MR) is 67.6 cm³/mol. The lowest BCUT2D eigenvalue weighted by atomic mass is 10.1. The van der Waals surface area contributed by atoms with Gasteiger partial charge in [0.15, 0.2) is 5.38 Å². The normalized spacial score (nSPS) is 12.0. The number of esters is 1. The van der Waals surface area contributed by atoms with E-state index in [0.29, 0.717) is 6.61 Å². The molecule has 0 bridgehead atoms. The lowest BCUT2D eigenvalue weighted by molar-refractivity contribution is -0.142. The van der Waals surface area contributed by atoms with Crippen LogP contribution >= 0.6 is 11.6 Å². The maximum Gasteiger partial charge on any atom is 0.328 e. The van der Waals surface area contributed by atoms with Gasteiger partial charge in [0.1, 0.15) is 5.75 Å². The zero-order valence-corrected chi connectivity index (χ0v) is 11.1. The zero-order valence-electron chi connectivity index (χ0n) is 10.3. The van der Waals surface area contributed by atoms with Gasteiger partial charge in [-0.3, -0.25) is 4.79 Å². The summed E-state index contributed by atoms with van der Waals surface area (Å²) in [4.78, 5) is 11.5. The molecule has 0 radical (unpaired) electrons. The van der Waals surface area contributed by atoms with Crippen molar-refractivity contribution in [2.45, 2.75) is 25.6 Å². The van der Waals surface area contributed by atoms with Crippen molar-refractivity contribution in [1.82, 2.24) is 0 Å². The lowest BCUT2D eigenvalue weighted by Gasteiger charge is -2.12. The summed E-state index contributed by atoms with van der Waals surface area (Å²) < 4.78 is 10.1.